The molecule has 0 unspecified atom stereocenters. The zero-order valence-electron chi connectivity index (χ0n) is 9.23. The van der Waals surface area contributed by atoms with Crippen molar-refractivity contribution in [3.8, 4) is 0 Å². The van der Waals surface area contributed by atoms with Gasteiger partial charge in [0.2, 0.25) is 0 Å². The van der Waals surface area contributed by atoms with Crippen molar-refractivity contribution < 1.29 is 4.74 Å². The summed E-state index contributed by atoms with van der Waals surface area (Å²) in [6, 6.07) is 1.95. The van der Waals surface area contributed by atoms with Crippen molar-refractivity contribution in [3.63, 3.8) is 0 Å². The van der Waals surface area contributed by atoms with Crippen molar-refractivity contribution in [2.45, 2.75) is 5.88 Å². The number of thiazole rings is 1. The van der Waals surface area contributed by atoms with Crippen molar-refractivity contribution in [2.75, 3.05) is 31.2 Å². The summed E-state index contributed by atoms with van der Waals surface area (Å²) < 4.78 is 6.44. The summed E-state index contributed by atoms with van der Waals surface area (Å²) in [5.74, 6) is 0.504. The summed E-state index contributed by atoms with van der Waals surface area (Å²) >= 11 is 7.59. The van der Waals surface area contributed by atoms with Gasteiger partial charge in [0.25, 0.3) is 0 Å². The fourth-order valence-electron chi connectivity index (χ4n) is 1.87. The van der Waals surface area contributed by atoms with E-state index in [4.69, 9.17) is 16.3 Å². The molecule has 0 bridgehead atoms. The van der Waals surface area contributed by atoms with Gasteiger partial charge >= 0.3 is 0 Å². The Balaban J connectivity index is 2.00. The van der Waals surface area contributed by atoms with Gasteiger partial charge in [0.05, 0.1) is 17.9 Å². The van der Waals surface area contributed by atoms with Crippen LogP contribution in [0.4, 0.5) is 5.13 Å². The first-order valence-electron chi connectivity index (χ1n) is 5.51. The van der Waals surface area contributed by atoms with Gasteiger partial charge in [-0.25, -0.2) is 4.98 Å². The molecule has 0 aliphatic carbocycles. The third-order valence-electron chi connectivity index (χ3n) is 2.79. The molecular formula is C11H12ClN3OS. The lowest BCUT2D eigenvalue weighted by Crippen LogP contribution is -2.36. The summed E-state index contributed by atoms with van der Waals surface area (Å²) in [5.41, 5.74) is 1.91. The standard InChI is InChI=1S/C11H12ClN3OS/c12-7-8-1-2-13-10-9(8)17-11(14-10)15-3-5-16-6-4-15/h1-2H,3-7H2. The lowest BCUT2D eigenvalue weighted by atomic mass is 10.3. The fraction of sp³-hybridized carbons (Fsp3) is 0.455. The molecule has 2 aromatic heterocycles. The maximum Gasteiger partial charge on any atom is 0.188 e. The molecule has 90 valence electrons. The number of pyridine rings is 1. The van der Waals surface area contributed by atoms with Crippen molar-refractivity contribution >= 4 is 38.4 Å². The minimum absolute atomic E-state index is 0.504. The molecule has 4 nitrogen and oxygen atoms in total. The molecule has 17 heavy (non-hydrogen) atoms. The topological polar surface area (TPSA) is 38.2 Å². The van der Waals surface area contributed by atoms with E-state index in [0.717, 1.165) is 47.3 Å². The summed E-state index contributed by atoms with van der Waals surface area (Å²) in [6.07, 6.45) is 1.77. The van der Waals surface area contributed by atoms with Gasteiger partial charge in [0.15, 0.2) is 10.8 Å². The summed E-state index contributed by atoms with van der Waals surface area (Å²) in [5, 5.41) is 1.02. The van der Waals surface area contributed by atoms with Crippen molar-refractivity contribution in [1.82, 2.24) is 9.97 Å². The molecule has 0 atom stereocenters. The number of nitrogens with zero attached hydrogens (tertiary/aromatic N) is 3. The number of morpholine rings is 1. The van der Waals surface area contributed by atoms with Crippen LogP contribution in [-0.2, 0) is 10.6 Å². The number of hydrogen-bond donors (Lipinski definition) is 0. The Bertz CT molecular complexity index is 524. The van der Waals surface area contributed by atoms with Gasteiger partial charge in [-0.1, -0.05) is 11.3 Å². The minimum Gasteiger partial charge on any atom is -0.378 e. The predicted molar refractivity (Wildman–Crippen MR) is 70.0 cm³/mol. The van der Waals surface area contributed by atoms with Crippen LogP contribution in [0.3, 0.4) is 0 Å². The maximum atomic E-state index is 5.92. The zero-order chi connectivity index (χ0) is 11.7. The first kappa shape index (κ1) is 11.2. The van der Waals surface area contributed by atoms with E-state index in [1.807, 2.05) is 6.07 Å². The normalized spacial score (nSPS) is 16.6. The Kier molecular flexibility index (Phi) is 3.13. The maximum absolute atomic E-state index is 5.92. The second-order valence-corrected chi connectivity index (χ2v) is 5.10. The van der Waals surface area contributed by atoms with Crippen LogP contribution in [0.2, 0.25) is 0 Å². The number of rotatable bonds is 2. The average molecular weight is 270 g/mol. The summed E-state index contributed by atoms with van der Waals surface area (Å²) in [4.78, 5) is 11.1. The highest BCUT2D eigenvalue weighted by Gasteiger charge is 2.16. The highest BCUT2D eigenvalue weighted by molar-refractivity contribution is 7.22. The van der Waals surface area contributed by atoms with E-state index in [-0.39, 0.29) is 0 Å². The molecule has 1 saturated heterocycles. The van der Waals surface area contributed by atoms with Crippen LogP contribution in [0.25, 0.3) is 10.3 Å². The fourth-order valence-corrected chi connectivity index (χ4v) is 3.26. The lowest BCUT2D eigenvalue weighted by molar-refractivity contribution is 0.122. The molecule has 0 amide bonds. The van der Waals surface area contributed by atoms with Crippen molar-refractivity contribution in [3.05, 3.63) is 17.8 Å². The second-order valence-electron chi connectivity index (χ2n) is 3.85. The minimum atomic E-state index is 0.504. The lowest BCUT2D eigenvalue weighted by Gasteiger charge is -2.25. The van der Waals surface area contributed by atoms with Gasteiger partial charge in [0.1, 0.15) is 0 Å². The summed E-state index contributed by atoms with van der Waals surface area (Å²) in [6.45, 7) is 3.34. The second kappa shape index (κ2) is 4.76. The average Bonchev–Trinajstić information content (AvgIpc) is 2.83. The monoisotopic (exact) mass is 269 g/mol. The molecule has 0 radical (unpaired) electrons. The molecule has 2 aromatic rings. The molecule has 1 fully saturated rings. The first-order valence-corrected chi connectivity index (χ1v) is 6.86. The van der Waals surface area contributed by atoms with Crippen LogP contribution in [0.5, 0.6) is 0 Å². The molecule has 1 aliphatic heterocycles. The number of aromatic nitrogens is 2. The van der Waals surface area contributed by atoms with E-state index in [9.17, 15) is 0 Å². The number of hydrogen-bond acceptors (Lipinski definition) is 5. The Hall–Kier alpha value is -0.910. The van der Waals surface area contributed by atoms with Gasteiger partial charge in [-0.05, 0) is 11.6 Å². The van der Waals surface area contributed by atoms with E-state index in [1.165, 1.54) is 0 Å². The van der Waals surface area contributed by atoms with Crippen molar-refractivity contribution in [1.29, 1.82) is 0 Å². The van der Waals surface area contributed by atoms with Crippen LogP contribution >= 0.6 is 22.9 Å². The van der Waals surface area contributed by atoms with Crippen LogP contribution in [0.15, 0.2) is 12.3 Å². The molecule has 1 aliphatic rings. The predicted octanol–water partition coefficient (Wildman–Crippen LogP) is 2.27. The molecule has 6 heteroatoms. The Morgan fingerprint density at radius 1 is 1.41 bits per heavy atom. The number of alkyl halides is 1. The molecule has 0 saturated carbocycles. The third kappa shape index (κ3) is 2.10. The molecule has 3 rings (SSSR count). The number of fused-ring (bicyclic) bond motifs is 1. The van der Waals surface area contributed by atoms with Gasteiger partial charge in [0, 0.05) is 25.2 Å². The summed E-state index contributed by atoms with van der Waals surface area (Å²) in [7, 11) is 0. The molecule has 0 aromatic carbocycles. The number of halogens is 1. The zero-order valence-corrected chi connectivity index (χ0v) is 10.8. The van der Waals surface area contributed by atoms with Crippen LogP contribution in [0.1, 0.15) is 5.56 Å². The van der Waals surface area contributed by atoms with E-state index in [0.29, 0.717) is 5.88 Å². The quantitative estimate of drug-likeness (QED) is 0.784. The Morgan fingerprint density at radius 3 is 3.00 bits per heavy atom. The van der Waals surface area contributed by atoms with Crippen LogP contribution in [0, 0.1) is 0 Å². The highest BCUT2D eigenvalue weighted by Crippen LogP contribution is 2.31. The molecule has 0 N–H and O–H groups in total. The van der Waals surface area contributed by atoms with E-state index in [1.54, 1.807) is 17.5 Å². The molecule has 3 heterocycles. The largest absolute Gasteiger partial charge is 0.378 e. The van der Waals surface area contributed by atoms with E-state index >= 15 is 0 Å². The molecule has 0 spiro atoms. The van der Waals surface area contributed by atoms with Crippen LogP contribution in [-0.4, -0.2) is 36.3 Å². The highest BCUT2D eigenvalue weighted by atomic mass is 35.5. The number of anilines is 1. The Labute approximate surface area is 108 Å². The molecular weight excluding hydrogens is 258 g/mol. The first-order chi connectivity index (χ1) is 8.38. The van der Waals surface area contributed by atoms with Gasteiger partial charge in [-0.3, -0.25) is 0 Å². The van der Waals surface area contributed by atoms with Gasteiger partial charge in [-0.2, -0.15) is 4.98 Å². The number of ether oxygens (including phenoxy) is 1. The van der Waals surface area contributed by atoms with Gasteiger partial charge < -0.3 is 9.64 Å². The SMILES string of the molecule is ClCc1ccnc2nc(N3CCOCC3)sc12. The van der Waals surface area contributed by atoms with Crippen molar-refractivity contribution in [2.24, 2.45) is 0 Å². The third-order valence-corrected chi connectivity index (χ3v) is 4.26. The van der Waals surface area contributed by atoms with Crippen LogP contribution < -0.4 is 4.90 Å². The Morgan fingerprint density at radius 2 is 2.24 bits per heavy atom. The van der Waals surface area contributed by atoms with E-state index in [2.05, 4.69) is 14.9 Å². The smallest absolute Gasteiger partial charge is 0.188 e. The van der Waals surface area contributed by atoms with Gasteiger partial charge in [-0.15, -0.1) is 11.6 Å². The van der Waals surface area contributed by atoms with E-state index < -0.39 is 0 Å².